The molecule has 0 saturated carbocycles. The molecule has 2 aromatic heterocycles. The van der Waals surface area contributed by atoms with Crippen LogP contribution in [0.15, 0.2) is 6.20 Å². The standard InChI is InChI=1S/C10H16N6S/c1-3-8-13-9(4-2)16(15-8)6-7-5-12-10(14-11)17-7/h5H,3-4,6,11H2,1-2H3,(H,12,14). The Morgan fingerprint density at radius 2 is 2.24 bits per heavy atom. The molecular formula is C10H16N6S. The number of nitrogens with two attached hydrogens (primary N) is 1. The summed E-state index contributed by atoms with van der Waals surface area (Å²) in [7, 11) is 0. The van der Waals surface area contributed by atoms with E-state index in [1.54, 1.807) is 0 Å². The smallest absolute Gasteiger partial charge is 0.197 e. The molecule has 0 bridgehead atoms. The van der Waals surface area contributed by atoms with Crippen molar-refractivity contribution < 1.29 is 0 Å². The van der Waals surface area contributed by atoms with Gasteiger partial charge in [0, 0.05) is 23.9 Å². The Balaban J connectivity index is 2.19. The second-order valence-electron chi connectivity index (χ2n) is 3.59. The maximum atomic E-state index is 5.30. The molecule has 0 aliphatic carbocycles. The number of hydrogen-bond acceptors (Lipinski definition) is 6. The molecule has 2 rings (SSSR count). The van der Waals surface area contributed by atoms with Gasteiger partial charge in [-0.15, -0.1) is 0 Å². The maximum Gasteiger partial charge on any atom is 0.197 e. The average Bonchev–Trinajstić information content (AvgIpc) is 2.95. The van der Waals surface area contributed by atoms with Gasteiger partial charge in [-0.1, -0.05) is 25.2 Å². The van der Waals surface area contributed by atoms with Crippen LogP contribution in [0.1, 0.15) is 30.4 Å². The van der Waals surface area contributed by atoms with Crippen molar-refractivity contribution in [1.82, 2.24) is 19.7 Å². The molecule has 0 aliphatic heterocycles. The van der Waals surface area contributed by atoms with E-state index in [-0.39, 0.29) is 0 Å². The van der Waals surface area contributed by atoms with E-state index in [0.29, 0.717) is 11.7 Å². The quantitative estimate of drug-likeness (QED) is 0.617. The van der Waals surface area contributed by atoms with Crippen molar-refractivity contribution in [2.24, 2.45) is 5.84 Å². The van der Waals surface area contributed by atoms with E-state index in [0.717, 1.165) is 29.4 Å². The van der Waals surface area contributed by atoms with Crippen LogP contribution in [0.25, 0.3) is 0 Å². The van der Waals surface area contributed by atoms with Gasteiger partial charge < -0.3 is 0 Å². The summed E-state index contributed by atoms with van der Waals surface area (Å²) in [5.74, 6) is 7.21. The van der Waals surface area contributed by atoms with Gasteiger partial charge in [0.15, 0.2) is 11.0 Å². The van der Waals surface area contributed by atoms with Gasteiger partial charge in [-0.3, -0.25) is 5.43 Å². The molecule has 6 nitrogen and oxygen atoms in total. The van der Waals surface area contributed by atoms with E-state index in [9.17, 15) is 0 Å². The first-order valence-corrected chi connectivity index (χ1v) is 6.42. The van der Waals surface area contributed by atoms with Crippen molar-refractivity contribution >= 4 is 16.5 Å². The number of hydrogen-bond donors (Lipinski definition) is 2. The number of nitrogens with one attached hydrogen (secondary N) is 1. The van der Waals surface area contributed by atoms with E-state index < -0.39 is 0 Å². The zero-order valence-corrected chi connectivity index (χ0v) is 10.8. The molecule has 0 saturated heterocycles. The summed E-state index contributed by atoms with van der Waals surface area (Å²) in [6.07, 6.45) is 3.55. The zero-order valence-electron chi connectivity index (χ0n) is 9.97. The Labute approximate surface area is 104 Å². The highest BCUT2D eigenvalue weighted by Crippen LogP contribution is 2.18. The lowest BCUT2D eigenvalue weighted by atomic mass is 10.4. The topological polar surface area (TPSA) is 81.7 Å². The van der Waals surface area contributed by atoms with Crippen molar-refractivity contribution in [2.75, 3.05) is 5.43 Å². The Bertz CT molecular complexity index is 489. The molecule has 0 amide bonds. The molecule has 0 spiro atoms. The molecule has 0 unspecified atom stereocenters. The number of anilines is 1. The van der Waals surface area contributed by atoms with Crippen molar-refractivity contribution in [2.45, 2.75) is 33.2 Å². The first-order valence-electron chi connectivity index (χ1n) is 5.60. The van der Waals surface area contributed by atoms with Gasteiger partial charge >= 0.3 is 0 Å². The highest BCUT2D eigenvalue weighted by Gasteiger charge is 2.09. The Kier molecular flexibility index (Phi) is 3.70. The number of thiazole rings is 1. The molecule has 92 valence electrons. The Morgan fingerprint density at radius 1 is 1.41 bits per heavy atom. The zero-order chi connectivity index (χ0) is 12.3. The number of nitrogens with zero attached hydrogens (tertiary/aromatic N) is 4. The first-order chi connectivity index (χ1) is 8.26. The van der Waals surface area contributed by atoms with Gasteiger partial charge in [0.1, 0.15) is 5.82 Å². The van der Waals surface area contributed by atoms with Gasteiger partial charge in [-0.05, 0) is 0 Å². The minimum absolute atomic E-state index is 0.704. The number of rotatable bonds is 5. The largest absolute Gasteiger partial charge is 0.300 e. The minimum atomic E-state index is 0.704. The van der Waals surface area contributed by atoms with Crippen LogP contribution in [0, 0.1) is 0 Å². The van der Waals surface area contributed by atoms with E-state index in [2.05, 4.69) is 34.3 Å². The average molecular weight is 252 g/mol. The second kappa shape index (κ2) is 5.24. The van der Waals surface area contributed by atoms with Crippen molar-refractivity contribution in [1.29, 1.82) is 0 Å². The fourth-order valence-electron chi connectivity index (χ4n) is 1.56. The van der Waals surface area contributed by atoms with Gasteiger partial charge in [0.2, 0.25) is 0 Å². The van der Waals surface area contributed by atoms with E-state index in [1.807, 2.05) is 10.9 Å². The van der Waals surface area contributed by atoms with Crippen LogP contribution >= 0.6 is 11.3 Å². The highest BCUT2D eigenvalue weighted by molar-refractivity contribution is 7.15. The van der Waals surface area contributed by atoms with Crippen LogP contribution in [0.5, 0.6) is 0 Å². The molecule has 7 heteroatoms. The molecule has 17 heavy (non-hydrogen) atoms. The first kappa shape index (κ1) is 12.0. The third kappa shape index (κ3) is 2.62. The number of hydrazine groups is 1. The van der Waals surface area contributed by atoms with Crippen LogP contribution in [0.4, 0.5) is 5.13 Å². The summed E-state index contributed by atoms with van der Waals surface area (Å²) in [6.45, 7) is 4.84. The van der Waals surface area contributed by atoms with Crippen molar-refractivity contribution in [3.63, 3.8) is 0 Å². The third-order valence-electron chi connectivity index (χ3n) is 2.41. The van der Waals surface area contributed by atoms with Gasteiger partial charge in [0.05, 0.1) is 6.54 Å². The summed E-state index contributed by atoms with van der Waals surface area (Å²) >= 11 is 1.53. The van der Waals surface area contributed by atoms with E-state index >= 15 is 0 Å². The lowest BCUT2D eigenvalue weighted by Gasteiger charge is -2.00. The molecule has 3 N–H and O–H groups in total. The normalized spacial score (nSPS) is 10.8. The minimum Gasteiger partial charge on any atom is -0.300 e. The van der Waals surface area contributed by atoms with Crippen LogP contribution in [0.3, 0.4) is 0 Å². The fourth-order valence-corrected chi connectivity index (χ4v) is 2.26. The van der Waals surface area contributed by atoms with Crippen LogP contribution in [-0.2, 0) is 19.4 Å². The van der Waals surface area contributed by atoms with Crippen LogP contribution in [0.2, 0.25) is 0 Å². The fraction of sp³-hybridized carbons (Fsp3) is 0.500. The molecular weight excluding hydrogens is 236 g/mol. The number of aromatic nitrogens is 4. The third-order valence-corrected chi connectivity index (χ3v) is 3.32. The second-order valence-corrected chi connectivity index (χ2v) is 4.70. The van der Waals surface area contributed by atoms with Gasteiger partial charge in [-0.2, -0.15) is 5.10 Å². The van der Waals surface area contributed by atoms with E-state index in [4.69, 9.17) is 5.84 Å². The summed E-state index contributed by atoms with van der Waals surface area (Å²) < 4.78 is 1.94. The summed E-state index contributed by atoms with van der Waals surface area (Å²) in [4.78, 5) is 9.71. The van der Waals surface area contributed by atoms with Crippen molar-refractivity contribution in [3.8, 4) is 0 Å². The van der Waals surface area contributed by atoms with Crippen LogP contribution < -0.4 is 11.3 Å². The lowest BCUT2D eigenvalue weighted by molar-refractivity contribution is 0.642. The number of aryl methyl sites for hydroxylation is 2. The number of nitrogen functional groups attached to an aromatic ring is 1. The molecule has 2 aromatic rings. The monoisotopic (exact) mass is 252 g/mol. The van der Waals surface area contributed by atoms with Gasteiger partial charge in [0.25, 0.3) is 0 Å². The molecule has 0 atom stereocenters. The predicted octanol–water partition coefficient (Wildman–Crippen LogP) is 1.19. The molecule has 2 heterocycles. The predicted molar refractivity (Wildman–Crippen MR) is 67.8 cm³/mol. The Morgan fingerprint density at radius 3 is 2.82 bits per heavy atom. The highest BCUT2D eigenvalue weighted by atomic mass is 32.1. The van der Waals surface area contributed by atoms with Crippen molar-refractivity contribution in [3.05, 3.63) is 22.7 Å². The maximum absolute atomic E-state index is 5.30. The summed E-state index contributed by atoms with van der Waals surface area (Å²) in [6, 6.07) is 0. The van der Waals surface area contributed by atoms with E-state index in [1.165, 1.54) is 11.3 Å². The summed E-state index contributed by atoms with van der Waals surface area (Å²) in [5, 5.41) is 5.18. The SMILES string of the molecule is CCc1nc(CC)n(Cc2cnc(NN)s2)n1. The molecule has 0 aliphatic rings. The molecule has 0 fully saturated rings. The lowest BCUT2D eigenvalue weighted by Crippen LogP contribution is -2.06. The van der Waals surface area contributed by atoms with Gasteiger partial charge in [-0.25, -0.2) is 20.5 Å². The summed E-state index contributed by atoms with van der Waals surface area (Å²) in [5.41, 5.74) is 2.54. The Hall–Kier alpha value is -1.47. The molecule has 0 aromatic carbocycles. The van der Waals surface area contributed by atoms with Crippen LogP contribution in [-0.4, -0.2) is 19.7 Å². The molecule has 0 radical (unpaired) electrons.